The maximum Gasteiger partial charge on any atom is 0.239 e. The predicted molar refractivity (Wildman–Crippen MR) is 92.9 cm³/mol. The second-order valence-electron chi connectivity index (χ2n) is 5.68. The van der Waals surface area contributed by atoms with Crippen LogP contribution in [-0.2, 0) is 22.8 Å². The van der Waals surface area contributed by atoms with Crippen molar-refractivity contribution in [3.63, 3.8) is 0 Å². The zero-order valence-corrected chi connectivity index (χ0v) is 14.2. The van der Waals surface area contributed by atoms with E-state index in [1.165, 1.54) is 4.31 Å². The number of fused-ring (bicyclic) bond motifs is 1. The smallest absolute Gasteiger partial charge is 0.239 e. The molecule has 3 rings (SSSR count). The molecule has 120 valence electrons. The molecule has 6 heteroatoms. The Bertz CT molecular complexity index is 961. The summed E-state index contributed by atoms with van der Waals surface area (Å²) in [5, 5.41) is 0. The number of anilines is 1. The first-order valence-electron chi connectivity index (χ1n) is 7.31. The third kappa shape index (κ3) is 2.94. The van der Waals surface area contributed by atoms with Crippen LogP contribution >= 0.6 is 0 Å². The molecule has 0 aliphatic rings. The molecular formula is C17H19N3O2S. The molecule has 0 saturated carbocycles. The van der Waals surface area contributed by atoms with Gasteiger partial charge in [0.1, 0.15) is 0 Å². The van der Waals surface area contributed by atoms with Crippen LogP contribution in [0.3, 0.4) is 0 Å². The van der Waals surface area contributed by atoms with Gasteiger partial charge < -0.3 is 4.57 Å². The monoisotopic (exact) mass is 329 g/mol. The summed E-state index contributed by atoms with van der Waals surface area (Å²) in [6.45, 7) is 1.92. The maximum absolute atomic E-state index is 12.7. The molecule has 0 aliphatic heterocycles. The predicted octanol–water partition coefficient (Wildman–Crippen LogP) is 2.85. The van der Waals surface area contributed by atoms with Crippen molar-refractivity contribution in [1.82, 2.24) is 9.55 Å². The van der Waals surface area contributed by atoms with Crippen LogP contribution < -0.4 is 4.31 Å². The van der Waals surface area contributed by atoms with Crippen molar-refractivity contribution in [2.45, 2.75) is 12.7 Å². The Morgan fingerprint density at radius 2 is 1.91 bits per heavy atom. The number of hydrogen-bond acceptors (Lipinski definition) is 3. The van der Waals surface area contributed by atoms with Crippen molar-refractivity contribution in [3.8, 4) is 0 Å². The van der Waals surface area contributed by atoms with E-state index in [4.69, 9.17) is 0 Å². The van der Waals surface area contributed by atoms with Crippen molar-refractivity contribution in [2.75, 3.05) is 11.4 Å². The molecule has 5 nitrogen and oxygen atoms in total. The fraction of sp³-hybridized carbons (Fsp3) is 0.235. The Kier molecular flexibility index (Phi) is 3.85. The van der Waals surface area contributed by atoms with Crippen LogP contribution in [0.1, 0.15) is 11.1 Å². The van der Waals surface area contributed by atoms with Crippen molar-refractivity contribution in [2.24, 2.45) is 7.05 Å². The van der Waals surface area contributed by atoms with Gasteiger partial charge in [0.15, 0.2) is 0 Å². The number of hydrogen-bond donors (Lipinski definition) is 0. The minimum atomic E-state index is -3.45. The summed E-state index contributed by atoms with van der Waals surface area (Å²) < 4.78 is 28.6. The van der Waals surface area contributed by atoms with E-state index in [9.17, 15) is 8.42 Å². The van der Waals surface area contributed by atoms with Gasteiger partial charge in [-0.05, 0) is 36.2 Å². The van der Waals surface area contributed by atoms with Crippen molar-refractivity contribution < 1.29 is 8.42 Å². The molecule has 0 atom stereocenters. The molecule has 0 saturated heterocycles. The largest absolute Gasteiger partial charge is 0.334 e. The molecule has 1 heterocycles. The summed E-state index contributed by atoms with van der Waals surface area (Å²) in [6, 6.07) is 13.0. The maximum atomic E-state index is 12.7. The van der Waals surface area contributed by atoms with E-state index < -0.39 is 10.0 Å². The van der Waals surface area contributed by atoms with Gasteiger partial charge in [-0.25, -0.2) is 13.4 Å². The number of benzene rings is 2. The lowest BCUT2D eigenvalue weighted by molar-refractivity contribution is 0.593. The second kappa shape index (κ2) is 5.70. The first kappa shape index (κ1) is 15.6. The number of aryl methyl sites for hydroxylation is 2. The molecular weight excluding hydrogens is 310 g/mol. The van der Waals surface area contributed by atoms with Gasteiger partial charge in [-0.3, -0.25) is 4.31 Å². The first-order valence-corrected chi connectivity index (χ1v) is 8.91. The molecule has 0 bridgehead atoms. The number of imidazole rings is 1. The summed E-state index contributed by atoms with van der Waals surface area (Å²) in [5.74, 6) is -0.0174. The lowest BCUT2D eigenvalue weighted by Gasteiger charge is -2.20. The summed E-state index contributed by atoms with van der Waals surface area (Å²) in [5.41, 5.74) is 4.16. The van der Waals surface area contributed by atoms with Crippen molar-refractivity contribution in [3.05, 3.63) is 59.9 Å². The number of rotatable bonds is 4. The molecule has 0 fully saturated rings. The Labute approximate surface area is 136 Å². The van der Waals surface area contributed by atoms with Gasteiger partial charge in [0.2, 0.25) is 10.0 Å². The molecule has 2 aromatic carbocycles. The number of nitrogens with zero attached hydrogens (tertiary/aromatic N) is 3. The van der Waals surface area contributed by atoms with Crippen molar-refractivity contribution >= 4 is 26.7 Å². The fourth-order valence-corrected chi connectivity index (χ4v) is 3.89. The highest BCUT2D eigenvalue weighted by atomic mass is 32.2. The molecule has 0 amide bonds. The quantitative estimate of drug-likeness (QED) is 0.739. The molecule has 0 radical (unpaired) electrons. The van der Waals surface area contributed by atoms with E-state index in [-0.39, 0.29) is 5.75 Å². The average molecular weight is 329 g/mol. The summed E-state index contributed by atoms with van der Waals surface area (Å²) in [7, 11) is 0.0394. The zero-order valence-electron chi connectivity index (χ0n) is 13.4. The number of sulfonamides is 1. The van der Waals surface area contributed by atoms with Gasteiger partial charge in [-0.2, -0.15) is 0 Å². The SMILES string of the molecule is Cc1ccccc1CS(=O)(=O)N(C)c1ccc2c(c1)ncn2C. The highest BCUT2D eigenvalue weighted by molar-refractivity contribution is 7.92. The molecule has 0 unspecified atom stereocenters. The Hall–Kier alpha value is -2.34. The van der Waals surface area contributed by atoms with Gasteiger partial charge in [-0.1, -0.05) is 24.3 Å². The van der Waals surface area contributed by atoms with Crippen LogP contribution in [0.5, 0.6) is 0 Å². The van der Waals surface area contributed by atoms with Gasteiger partial charge >= 0.3 is 0 Å². The van der Waals surface area contributed by atoms with E-state index in [1.54, 1.807) is 25.5 Å². The van der Waals surface area contributed by atoms with Crippen molar-refractivity contribution in [1.29, 1.82) is 0 Å². The number of aromatic nitrogens is 2. The Balaban J connectivity index is 1.93. The van der Waals surface area contributed by atoms with Gasteiger partial charge in [0, 0.05) is 14.1 Å². The van der Waals surface area contributed by atoms with Crippen LogP contribution in [0.25, 0.3) is 11.0 Å². The molecule has 3 aromatic rings. The molecule has 0 aliphatic carbocycles. The third-order valence-electron chi connectivity index (χ3n) is 4.09. The third-order valence-corrected chi connectivity index (χ3v) is 5.81. The van der Waals surface area contributed by atoms with Gasteiger partial charge in [0.05, 0.1) is 28.8 Å². The average Bonchev–Trinajstić information content (AvgIpc) is 2.89. The minimum absolute atomic E-state index is 0.0174. The van der Waals surface area contributed by atoms with Crippen LogP contribution in [0.15, 0.2) is 48.8 Å². The fourth-order valence-electron chi connectivity index (χ4n) is 2.55. The zero-order chi connectivity index (χ0) is 16.6. The van der Waals surface area contributed by atoms with E-state index >= 15 is 0 Å². The molecule has 0 spiro atoms. The summed E-state index contributed by atoms with van der Waals surface area (Å²) in [4.78, 5) is 4.28. The van der Waals surface area contributed by atoms with Gasteiger partial charge in [-0.15, -0.1) is 0 Å². The summed E-state index contributed by atoms with van der Waals surface area (Å²) in [6.07, 6.45) is 1.72. The summed E-state index contributed by atoms with van der Waals surface area (Å²) >= 11 is 0. The topological polar surface area (TPSA) is 55.2 Å². The van der Waals surface area contributed by atoms with Crippen LogP contribution in [-0.4, -0.2) is 25.0 Å². The second-order valence-corrected chi connectivity index (χ2v) is 7.68. The molecule has 0 N–H and O–H groups in total. The molecule has 1 aromatic heterocycles. The van der Waals surface area contributed by atoms with Crippen LogP contribution in [0, 0.1) is 6.92 Å². The highest BCUT2D eigenvalue weighted by Gasteiger charge is 2.20. The normalized spacial score (nSPS) is 11.8. The van der Waals surface area contributed by atoms with Crippen LogP contribution in [0.4, 0.5) is 5.69 Å². The standard InChI is InChI=1S/C17H19N3O2S/c1-13-6-4-5-7-14(13)11-23(21,22)20(3)15-8-9-17-16(10-15)18-12-19(17)2/h4-10,12H,11H2,1-3H3. The lowest BCUT2D eigenvalue weighted by atomic mass is 10.1. The highest BCUT2D eigenvalue weighted by Crippen LogP contribution is 2.24. The van der Waals surface area contributed by atoms with E-state index in [1.807, 2.05) is 48.9 Å². The minimum Gasteiger partial charge on any atom is -0.334 e. The Morgan fingerprint density at radius 3 is 2.65 bits per heavy atom. The van der Waals surface area contributed by atoms with E-state index in [0.717, 1.165) is 22.2 Å². The lowest BCUT2D eigenvalue weighted by Crippen LogP contribution is -2.28. The van der Waals surface area contributed by atoms with Crippen LogP contribution in [0.2, 0.25) is 0 Å². The molecule has 23 heavy (non-hydrogen) atoms. The van der Waals surface area contributed by atoms with E-state index in [2.05, 4.69) is 4.98 Å². The van der Waals surface area contributed by atoms with E-state index in [0.29, 0.717) is 5.69 Å². The first-order chi connectivity index (χ1) is 10.9. The van der Waals surface area contributed by atoms with Gasteiger partial charge in [0.25, 0.3) is 0 Å². The Morgan fingerprint density at radius 1 is 1.17 bits per heavy atom.